The van der Waals surface area contributed by atoms with E-state index in [0.717, 1.165) is 60.2 Å². The fourth-order valence-electron chi connectivity index (χ4n) is 5.04. The Kier molecular flexibility index (Phi) is 5.00. The van der Waals surface area contributed by atoms with E-state index in [1.165, 1.54) is 0 Å². The number of benzene rings is 2. The first-order valence-corrected chi connectivity index (χ1v) is 11.1. The SMILES string of the molecule is CC(OC(=O)C1(Cc2nc3ccccc3[nH]2)CCCC1)C(=O)N1CCc2ccccc21. The van der Waals surface area contributed by atoms with Gasteiger partial charge in [0.25, 0.3) is 5.91 Å². The highest BCUT2D eigenvalue weighted by atomic mass is 16.5. The number of hydrogen-bond acceptors (Lipinski definition) is 4. The van der Waals surface area contributed by atoms with Crippen molar-refractivity contribution in [3.63, 3.8) is 0 Å². The molecule has 2 heterocycles. The van der Waals surface area contributed by atoms with Gasteiger partial charge in [-0.2, -0.15) is 0 Å². The second kappa shape index (κ2) is 7.84. The molecule has 0 radical (unpaired) electrons. The number of hydrogen-bond donors (Lipinski definition) is 1. The van der Waals surface area contributed by atoms with Gasteiger partial charge in [-0.3, -0.25) is 9.59 Å². The molecule has 1 fully saturated rings. The second-order valence-corrected chi connectivity index (χ2v) is 8.78. The largest absolute Gasteiger partial charge is 0.452 e. The predicted octanol–water partition coefficient (Wildman–Crippen LogP) is 4.19. The quantitative estimate of drug-likeness (QED) is 0.632. The molecule has 1 aromatic heterocycles. The van der Waals surface area contributed by atoms with Gasteiger partial charge >= 0.3 is 5.97 Å². The van der Waals surface area contributed by atoms with Crippen LogP contribution in [0.4, 0.5) is 5.69 Å². The van der Waals surface area contributed by atoms with Gasteiger partial charge in [-0.1, -0.05) is 43.2 Å². The zero-order valence-corrected chi connectivity index (χ0v) is 17.8. The van der Waals surface area contributed by atoms with Crippen LogP contribution in [0.2, 0.25) is 0 Å². The van der Waals surface area contributed by atoms with Gasteiger partial charge in [0.05, 0.1) is 16.4 Å². The summed E-state index contributed by atoms with van der Waals surface area (Å²) in [4.78, 5) is 36.1. The molecule has 5 rings (SSSR count). The minimum absolute atomic E-state index is 0.157. The molecule has 1 amide bonds. The number of imidazole rings is 1. The predicted molar refractivity (Wildman–Crippen MR) is 119 cm³/mol. The fourth-order valence-corrected chi connectivity index (χ4v) is 5.04. The highest BCUT2D eigenvalue weighted by molar-refractivity contribution is 5.99. The number of esters is 1. The summed E-state index contributed by atoms with van der Waals surface area (Å²) in [6.45, 7) is 2.31. The minimum atomic E-state index is -0.813. The highest BCUT2D eigenvalue weighted by Gasteiger charge is 2.45. The van der Waals surface area contributed by atoms with E-state index in [9.17, 15) is 9.59 Å². The summed E-state index contributed by atoms with van der Waals surface area (Å²) >= 11 is 0. The van der Waals surface area contributed by atoms with E-state index < -0.39 is 11.5 Å². The first kappa shape index (κ1) is 19.8. The molecule has 1 N–H and O–H groups in total. The van der Waals surface area contributed by atoms with Crippen molar-refractivity contribution < 1.29 is 14.3 Å². The molecule has 1 aliphatic heterocycles. The number of anilines is 1. The third kappa shape index (κ3) is 3.60. The number of ether oxygens (including phenoxy) is 1. The molecule has 31 heavy (non-hydrogen) atoms. The number of aromatic amines is 1. The van der Waals surface area contributed by atoms with Crippen molar-refractivity contribution in [3.05, 3.63) is 59.9 Å². The number of nitrogens with zero attached hydrogens (tertiary/aromatic N) is 2. The third-order valence-corrected chi connectivity index (χ3v) is 6.72. The van der Waals surface area contributed by atoms with Crippen molar-refractivity contribution >= 4 is 28.6 Å². The molecule has 1 unspecified atom stereocenters. The number of aromatic nitrogens is 2. The highest BCUT2D eigenvalue weighted by Crippen LogP contribution is 2.42. The molecule has 3 aromatic rings. The van der Waals surface area contributed by atoms with Gasteiger partial charge in [-0.25, -0.2) is 4.98 Å². The van der Waals surface area contributed by atoms with E-state index in [2.05, 4.69) is 9.97 Å². The standard InChI is InChI=1S/C25H27N3O3/c1-17(23(29)28-15-12-18-8-2-5-11-21(18)28)31-24(30)25(13-6-7-14-25)16-22-26-19-9-3-4-10-20(19)27-22/h2-5,8-11,17H,6-7,12-16H2,1H3,(H,26,27). The molecule has 2 aromatic carbocycles. The molecule has 160 valence electrons. The number of rotatable bonds is 5. The molecule has 0 spiro atoms. The molecule has 1 saturated carbocycles. The lowest BCUT2D eigenvalue weighted by Crippen LogP contribution is -2.42. The van der Waals surface area contributed by atoms with Crippen LogP contribution in [0.3, 0.4) is 0 Å². The molecule has 0 saturated heterocycles. The number of amides is 1. The molecular formula is C25H27N3O3. The number of para-hydroxylation sites is 3. The maximum Gasteiger partial charge on any atom is 0.313 e. The number of H-pyrrole nitrogens is 1. The molecule has 6 heteroatoms. The molecule has 2 aliphatic rings. The summed E-state index contributed by atoms with van der Waals surface area (Å²) in [7, 11) is 0. The summed E-state index contributed by atoms with van der Waals surface area (Å²) in [6, 6.07) is 15.8. The van der Waals surface area contributed by atoms with E-state index in [1.807, 2.05) is 48.5 Å². The second-order valence-electron chi connectivity index (χ2n) is 8.78. The van der Waals surface area contributed by atoms with E-state index in [4.69, 9.17) is 4.74 Å². The van der Waals surface area contributed by atoms with E-state index in [1.54, 1.807) is 11.8 Å². The topological polar surface area (TPSA) is 75.3 Å². The van der Waals surface area contributed by atoms with Crippen molar-refractivity contribution in [1.82, 2.24) is 9.97 Å². The summed E-state index contributed by atoms with van der Waals surface area (Å²) in [5.41, 5.74) is 3.33. The Bertz CT molecular complexity index is 1100. The Balaban J connectivity index is 1.32. The Hall–Kier alpha value is -3.15. The smallest absolute Gasteiger partial charge is 0.313 e. The van der Waals surface area contributed by atoms with Gasteiger partial charge in [0, 0.05) is 18.7 Å². The van der Waals surface area contributed by atoms with Crippen LogP contribution in [0.15, 0.2) is 48.5 Å². The summed E-state index contributed by atoms with van der Waals surface area (Å²) in [5.74, 6) is 0.362. The van der Waals surface area contributed by atoms with Crippen molar-refractivity contribution in [2.24, 2.45) is 5.41 Å². The van der Waals surface area contributed by atoms with Crippen LogP contribution in [0.5, 0.6) is 0 Å². The van der Waals surface area contributed by atoms with E-state index >= 15 is 0 Å². The van der Waals surface area contributed by atoms with E-state index in [0.29, 0.717) is 13.0 Å². The zero-order valence-electron chi connectivity index (χ0n) is 17.8. The van der Waals surface area contributed by atoms with Crippen LogP contribution in [0.1, 0.15) is 44.0 Å². The number of nitrogens with one attached hydrogen (secondary N) is 1. The van der Waals surface area contributed by atoms with Gasteiger partial charge in [0.15, 0.2) is 6.10 Å². The average molecular weight is 418 g/mol. The number of carbonyl (C=O) groups excluding carboxylic acids is 2. The average Bonchev–Trinajstić information content (AvgIpc) is 3.51. The summed E-state index contributed by atoms with van der Waals surface area (Å²) < 4.78 is 5.80. The van der Waals surface area contributed by atoms with Gasteiger partial charge < -0.3 is 14.6 Å². The van der Waals surface area contributed by atoms with Gasteiger partial charge in [0.2, 0.25) is 0 Å². The number of fused-ring (bicyclic) bond motifs is 2. The van der Waals surface area contributed by atoms with Gasteiger partial charge in [0.1, 0.15) is 5.82 Å². The maximum absolute atomic E-state index is 13.3. The lowest BCUT2D eigenvalue weighted by atomic mass is 9.82. The van der Waals surface area contributed by atoms with E-state index in [-0.39, 0.29) is 11.9 Å². The fraction of sp³-hybridized carbons (Fsp3) is 0.400. The Labute approximate surface area is 181 Å². The van der Waals surface area contributed by atoms with Gasteiger partial charge in [-0.05, 0) is 49.9 Å². The van der Waals surface area contributed by atoms with Crippen LogP contribution < -0.4 is 4.90 Å². The summed E-state index contributed by atoms with van der Waals surface area (Å²) in [6.07, 6.45) is 4.01. The Morgan fingerprint density at radius 1 is 1.13 bits per heavy atom. The van der Waals surface area contributed by atoms with Crippen molar-refractivity contribution in [1.29, 1.82) is 0 Å². The lowest BCUT2D eigenvalue weighted by Gasteiger charge is -2.29. The Morgan fingerprint density at radius 3 is 2.68 bits per heavy atom. The zero-order chi connectivity index (χ0) is 21.4. The molecule has 6 nitrogen and oxygen atoms in total. The van der Waals surface area contributed by atoms with Crippen LogP contribution in [-0.4, -0.2) is 34.5 Å². The van der Waals surface area contributed by atoms with Crippen LogP contribution in [-0.2, 0) is 27.2 Å². The van der Waals surface area contributed by atoms with Crippen LogP contribution >= 0.6 is 0 Å². The molecular weight excluding hydrogens is 390 g/mol. The van der Waals surface area contributed by atoms with Gasteiger partial charge in [-0.15, -0.1) is 0 Å². The normalized spacial score (nSPS) is 18.2. The molecule has 1 aliphatic carbocycles. The minimum Gasteiger partial charge on any atom is -0.452 e. The molecule has 1 atom stereocenters. The van der Waals surface area contributed by atoms with Crippen molar-refractivity contribution in [2.75, 3.05) is 11.4 Å². The molecule has 0 bridgehead atoms. The lowest BCUT2D eigenvalue weighted by molar-refractivity contribution is -0.164. The monoisotopic (exact) mass is 417 g/mol. The van der Waals surface area contributed by atoms with Crippen molar-refractivity contribution in [3.8, 4) is 0 Å². The van der Waals surface area contributed by atoms with Crippen LogP contribution in [0.25, 0.3) is 11.0 Å². The Morgan fingerprint density at radius 2 is 1.87 bits per heavy atom. The third-order valence-electron chi connectivity index (χ3n) is 6.72. The summed E-state index contributed by atoms with van der Waals surface area (Å²) in [5, 5.41) is 0. The maximum atomic E-state index is 13.3. The first-order chi connectivity index (χ1) is 15.1. The van der Waals surface area contributed by atoms with Crippen LogP contribution in [0, 0.1) is 5.41 Å². The first-order valence-electron chi connectivity index (χ1n) is 11.1. The number of carbonyl (C=O) groups is 2. The van der Waals surface area contributed by atoms with Crippen molar-refractivity contribution in [2.45, 2.75) is 51.6 Å².